The number of rotatable bonds is 10. The van der Waals surface area contributed by atoms with E-state index in [1.807, 2.05) is 30.3 Å². The lowest BCUT2D eigenvalue weighted by molar-refractivity contribution is -0.136. The summed E-state index contributed by atoms with van der Waals surface area (Å²) in [6.07, 6.45) is 2.50. The zero-order valence-corrected chi connectivity index (χ0v) is 22.4. The van der Waals surface area contributed by atoms with Crippen LogP contribution in [0.2, 0.25) is 0 Å². The Morgan fingerprint density at radius 2 is 1.92 bits per heavy atom. The monoisotopic (exact) mass is 563 g/mol. The Morgan fingerprint density at radius 1 is 1.16 bits per heavy atom. The predicted octanol–water partition coefficient (Wildman–Crippen LogP) is 2.47. The quantitative estimate of drug-likeness (QED) is 0.216. The van der Waals surface area contributed by atoms with Crippen molar-refractivity contribution in [3.05, 3.63) is 53.9 Å². The largest absolute Gasteiger partial charge is 0.444 e. The fourth-order valence-corrected chi connectivity index (χ4v) is 8.02. The minimum Gasteiger partial charge on any atom is -0.444 e. The highest BCUT2D eigenvalue weighted by Crippen LogP contribution is 2.45. The Balaban J connectivity index is 1.61. The number of nitrogens with one attached hydrogen (secondary N) is 1. The third-order valence-corrected chi connectivity index (χ3v) is 10.5. The van der Waals surface area contributed by atoms with Crippen LogP contribution in [0.5, 0.6) is 0 Å². The van der Waals surface area contributed by atoms with Gasteiger partial charge in [-0.15, -0.1) is 11.3 Å². The molecule has 1 aromatic carbocycles. The fraction of sp³-hybridized carbons (Fsp3) is 0.400. The second-order valence-electron chi connectivity index (χ2n) is 8.81. The summed E-state index contributed by atoms with van der Waals surface area (Å²) in [5, 5.41) is 9.24. The summed E-state index contributed by atoms with van der Waals surface area (Å²) in [7, 11) is -2.39. The van der Waals surface area contributed by atoms with E-state index in [0.717, 1.165) is 16.0 Å². The summed E-state index contributed by atoms with van der Waals surface area (Å²) in [5.41, 5.74) is 3.28. The topological polar surface area (TPSA) is 148 Å². The molecule has 0 spiro atoms. The highest BCUT2D eigenvalue weighted by Gasteiger charge is 2.49. The van der Waals surface area contributed by atoms with Gasteiger partial charge in [-0.25, -0.2) is 18.9 Å². The van der Waals surface area contributed by atoms with Gasteiger partial charge in [0.2, 0.25) is 11.8 Å². The molecule has 1 aliphatic heterocycles. The number of ether oxygens (including phenoxy) is 2. The Bertz CT molecular complexity index is 1340. The van der Waals surface area contributed by atoms with Crippen molar-refractivity contribution < 1.29 is 37.1 Å². The van der Waals surface area contributed by atoms with Gasteiger partial charge in [-0.1, -0.05) is 24.3 Å². The van der Waals surface area contributed by atoms with E-state index in [4.69, 9.17) is 13.9 Å². The summed E-state index contributed by atoms with van der Waals surface area (Å²) in [5.74, 6) is -0.848. The first-order chi connectivity index (χ1) is 18.3. The SMILES string of the molecule is COCCOCC(=O)N1CCC(CC(=O)NO)(c2ccc(-c3ccc(-c4cnco4)cc3)s2)S(=O)(=O)CC1. The predicted molar refractivity (Wildman–Crippen MR) is 139 cm³/mol. The number of hydrogen-bond acceptors (Lipinski definition) is 10. The summed E-state index contributed by atoms with van der Waals surface area (Å²) >= 11 is 1.27. The third-order valence-electron chi connectivity index (χ3n) is 6.53. The molecule has 38 heavy (non-hydrogen) atoms. The number of carbonyl (C=O) groups excluding carboxylic acids is 2. The van der Waals surface area contributed by atoms with Gasteiger partial charge in [-0.2, -0.15) is 0 Å². The maximum atomic E-state index is 13.7. The lowest BCUT2D eigenvalue weighted by Gasteiger charge is -2.30. The number of sulfone groups is 1. The molecule has 2 aromatic heterocycles. The molecule has 1 unspecified atom stereocenters. The molecule has 13 heteroatoms. The van der Waals surface area contributed by atoms with E-state index >= 15 is 0 Å². The van der Waals surface area contributed by atoms with E-state index in [0.29, 0.717) is 17.2 Å². The van der Waals surface area contributed by atoms with Gasteiger partial charge >= 0.3 is 0 Å². The minimum absolute atomic E-state index is 0.00303. The van der Waals surface area contributed by atoms with Crippen molar-refractivity contribution in [3.63, 3.8) is 0 Å². The average molecular weight is 564 g/mol. The van der Waals surface area contributed by atoms with Crippen molar-refractivity contribution in [2.75, 3.05) is 45.8 Å². The summed E-state index contributed by atoms with van der Waals surface area (Å²) in [4.78, 5) is 31.7. The zero-order chi connectivity index (χ0) is 27.2. The summed E-state index contributed by atoms with van der Waals surface area (Å²) < 4.78 is 41.4. The second-order valence-corrected chi connectivity index (χ2v) is 12.3. The average Bonchev–Trinajstić information content (AvgIpc) is 3.61. The van der Waals surface area contributed by atoms with Crippen LogP contribution in [0.1, 0.15) is 17.7 Å². The number of hydroxylamine groups is 1. The third kappa shape index (κ3) is 5.97. The van der Waals surface area contributed by atoms with Gasteiger partial charge in [0.25, 0.3) is 0 Å². The molecular formula is C25H29N3O8S2. The molecule has 0 saturated carbocycles. The first-order valence-electron chi connectivity index (χ1n) is 11.9. The van der Waals surface area contributed by atoms with Crippen LogP contribution in [-0.2, 0) is 33.6 Å². The minimum atomic E-state index is -3.92. The smallest absolute Gasteiger partial charge is 0.248 e. The standard InChI is InChI=1S/C25H29N3O8S2/c1-34-11-12-35-16-24(30)28-9-8-25(14-23(29)27-31,38(32,33)13-10-28)22-7-6-21(37-22)19-4-2-18(3-5-19)20-15-26-17-36-20/h2-7,15,17,31H,8-14,16H2,1H3,(H,27,29). The van der Waals surface area contributed by atoms with E-state index in [9.17, 15) is 23.2 Å². The number of aromatic nitrogens is 1. The number of oxazole rings is 1. The lowest BCUT2D eigenvalue weighted by atomic mass is 9.97. The number of methoxy groups -OCH3 is 1. The van der Waals surface area contributed by atoms with E-state index < -0.39 is 26.9 Å². The summed E-state index contributed by atoms with van der Waals surface area (Å²) in [6.45, 7) is 0.486. The molecule has 204 valence electrons. The van der Waals surface area contributed by atoms with Crippen LogP contribution in [0.25, 0.3) is 21.8 Å². The van der Waals surface area contributed by atoms with Crippen molar-refractivity contribution >= 4 is 33.0 Å². The molecule has 3 heterocycles. The zero-order valence-electron chi connectivity index (χ0n) is 20.8. The molecule has 1 aliphatic rings. The molecule has 1 fully saturated rings. The number of thiophene rings is 1. The van der Waals surface area contributed by atoms with Crippen LogP contribution in [0, 0.1) is 0 Å². The van der Waals surface area contributed by atoms with Crippen LogP contribution in [-0.4, -0.2) is 81.1 Å². The molecule has 0 bridgehead atoms. The van der Waals surface area contributed by atoms with Crippen molar-refractivity contribution in [2.45, 2.75) is 17.6 Å². The molecular weight excluding hydrogens is 534 g/mol. The molecule has 11 nitrogen and oxygen atoms in total. The highest BCUT2D eigenvalue weighted by molar-refractivity contribution is 7.92. The number of amides is 2. The van der Waals surface area contributed by atoms with Gasteiger partial charge in [0, 0.05) is 35.5 Å². The van der Waals surface area contributed by atoms with Crippen molar-refractivity contribution in [2.24, 2.45) is 0 Å². The highest BCUT2D eigenvalue weighted by atomic mass is 32.2. The van der Waals surface area contributed by atoms with Crippen molar-refractivity contribution in [1.82, 2.24) is 15.4 Å². The van der Waals surface area contributed by atoms with Crippen LogP contribution < -0.4 is 5.48 Å². The van der Waals surface area contributed by atoms with Gasteiger partial charge in [0.15, 0.2) is 22.0 Å². The van der Waals surface area contributed by atoms with E-state index in [1.54, 1.807) is 17.7 Å². The van der Waals surface area contributed by atoms with Gasteiger partial charge in [-0.3, -0.25) is 14.8 Å². The molecule has 1 atom stereocenters. The van der Waals surface area contributed by atoms with E-state index in [2.05, 4.69) is 4.98 Å². The van der Waals surface area contributed by atoms with Crippen LogP contribution in [0.4, 0.5) is 0 Å². The number of carbonyl (C=O) groups is 2. The van der Waals surface area contributed by atoms with Gasteiger partial charge in [-0.05, 0) is 24.1 Å². The van der Waals surface area contributed by atoms with Gasteiger partial charge in [0.05, 0.1) is 31.6 Å². The maximum Gasteiger partial charge on any atom is 0.248 e. The number of hydrogen-bond donors (Lipinski definition) is 2. The fourth-order valence-electron chi connectivity index (χ4n) is 4.41. The Hall–Kier alpha value is -3.10. The van der Waals surface area contributed by atoms with Crippen LogP contribution in [0.15, 0.2) is 53.4 Å². The first-order valence-corrected chi connectivity index (χ1v) is 14.4. The van der Waals surface area contributed by atoms with Gasteiger partial charge < -0.3 is 18.8 Å². The molecule has 2 N–H and O–H groups in total. The Morgan fingerprint density at radius 3 is 2.61 bits per heavy atom. The number of benzene rings is 1. The van der Waals surface area contributed by atoms with E-state index in [-0.39, 0.29) is 44.4 Å². The van der Waals surface area contributed by atoms with Crippen molar-refractivity contribution in [3.8, 4) is 21.8 Å². The first kappa shape index (κ1) is 27.9. The summed E-state index contributed by atoms with van der Waals surface area (Å²) in [6, 6.07) is 11.1. The van der Waals surface area contributed by atoms with E-state index in [1.165, 1.54) is 29.7 Å². The molecule has 3 aromatic rings. The van der Waals surface area contributed by atoms with Crippen molar-refractivity contribution in [1.29, 1.82) is 0 Å². The maximum absolute atomic E-state index is 13.7. The molecule has 4 rings (SSSR count). The molecule has 2 amide bonds. The Labute approximate surface area is 224 Å². The van der Waals surface area contributed by atoms with Crippen LogP contribution >= 0.6 is 11.3 Å². The molecule has 1 saturated heterocycles. The molecule has 0 radical (unpaired) electrons. The van der Waals surface area contributed by atoms with Gasteiger partial charge in [0.1, 0.15) is 11.4 Å². The second kappa shape index (κ2) is 12.2. The Kier molecular flexibility index (Phi) is 8.95. The normalized spacial score (nSPS) is 19.2. The lowest BCUT2D eigenvalue weighted by Crippen LogP contribution is -2.41. The molecule has 0 aliphatic carbocycles. The number of nitrogens with zero attached hydrogens (tertiary/aromatic N) is 2. The van der Waals surface area contributed by atoms with Crippen LogP contribution in [0.3, 0.4) is 0 Å².